The van der Waals surface area contributed by atoms with Crippen LogP contribution in [0.2, 0.25) is 10.0 Å². The number of nitrogens with zero attached hydrogens (tertiary/aromatic N) is 5. The molecule has 1 aliphatic heterocycles. The van der Waals surface area contributed by atoms with Crippen LogP contribution in [-0.2, 0) is 11.8 Å². The molecular formula is C16H17Cl2N5O. The molecule has 2 aromatic heterocycles. The number of aromatic nitrogens is 3. The van der Waals surface area contributed by atoms with E-state index in [1.54, 1.807) is 35.3 Å². The highest BCUT2D eigenvalue weighted by molar-refractivity contribution is 6.36. The molecule has 0 atom stereocenters. The number of rotatable bonds is 3. The Morgan fingerprint density at radius 3 is 2.58 bits per heavy atom. The Bertz CT molecular complexity index is 766. The second-order valence-electron chi connectivity index (χ2n) is 5.55. The zero-order valence-electron chi connectivity index (χ0n) is 13.2. The summed E-state index contributed by atoms with van der Waals surface area (Å²) < 4.78 is 1.70. The molecule has 126 valence electrons. The normalized spacial score (nSPS) is 15.3. The Morgan fingerprint density at radius 2 is 1.96 bits per heavy atom. The minimum atomic E-state index is -0.00587. The monoisotopic (exact) mass is 365 g/mol. The molecule has 6 nitrogen and oxygen atoms in total. The molecule has 24 heavy (non-hydrogen) atoms. The van der Waals surface area contributed by atoms with Gasteiger partial charge in [-0.15, -0.1) is 0 Å². The lowest BCUT2D eigenvalue weighted by molar-refractivity contribution is -0.126. The smallest absolute Gasteiger partial charge is 0.246 e. The summed E-state index contributed by atoms with van der Waals surface area (Å²) in [5, 5.41) is 5.11. The summed E-state index contributed by atoms with van der Waals surface area (Å²) in [4.78, 5) is 20.4. The van der Waals surface area contributed by atoms with Crippen molar-refractivity contribution in [3.63, 3.8) is 0 Å². The average Bonchev–Trinajstić information content (AvgIpc) is 2.98. The molecule has 0 saturated carbocycles. The highest BCUT2D eigenvalue weighted by Gasteiger charge is 2.22. The maximum Gasteiger partial charge on any atom is 0.246 e. The minimum absolute atomic E-state index is 0.00587. The van der Waals surface area contributed by atoms with E-state index in [0.29, 0.717) is 42.0 Å². The zero-order valence-corrected chi connectivity index (χ0v) is 14.7. The number of pyridine rings is 1. The van der Waals surface area contributed by atoms with Crippen LogP contribution in [0.5, 0.6) is 0 Å². The van der Waals surface area contributed by atoms with Gasteiger partial charge < -0.3 is 9.80 Å². The number of carbonyl (C=O) groups excluding carboxylic acids is 1. The van der Waals surface area contributed by atoms with Gasteiger partial charge in [-0.2, -0.15) is 5.10 Å². The largest absolute Gasteiger partial charge is 0.352 e. The topological polar surface area (TPSA) is 54.3 Å². The fourth-order valence-corrected chi connectivity index (χ4v) is 3.08. The van der Waals surface area contributed by atoms with Crippen LogP contribution in [0.3, 0.4) is 0 Å². The molecule has 1 saturated heterocycles. The Morgan fingerprint density at radius 1 is 1.21 bits per heavy atom. The summed E-state index contributed by atoms with van der Waals surface area (Å²) in [6.45, 7) is 2.61. The molecule has 3 heterocycles. The summed E-state index contributed by atoms with van der Waals surface area (Å²) in [6.07, 6.45) is 8.52. The van der Waals surface area contributed by atoms with Crippen molar-refractivity contribution in [3.05, 3.63) is 46.3 Å². The van der Waals surface area contributed by atoms with E-state index in [0.717, 1.165) is 5.56 Å². The van der Waals surface area contributed by atoms with Crippen LogP contribution in [0.25, 0.3) is 6.08 Å². The third-order valence-corrected chi connectivity index (χ3v) is 4.31. The molecule has 0 radical (unpaired) electrons. The van der Waals surface area contributed by atoms with E-state index in [4.69, 9.17) is 23.2 Å². The van der Waals surface area contributed by atoms with Gasteiger partial charge >= 0.3 is 0 Å². The average molecular weight is 366 g/mol. The number of piperazine rings is 1. The van der Waals surface area contributed by atoms with Crippen molar-refractivity contribution in [3.8, 4) is 0 Å². The first-order chi connectivity index (χ1) is 11.5. The number of anilines is 1. The predicted molar refractivity (Wildman–Crippen MR) is 95.3 cm³/mol. The molecule has 1 amide bonds. The van der Waals surface area contributed by atoms with Crippen molar-refractivity contribution in [2.75, 3.05) is 31.1 Å². The molecule has 1 aliphatic rings. The number of hydrogen-bond donors (Lipinski definition) is 0. The number of aryl methyl sites for hydroxylation is 1. The van der Waals surface area contributed by atoms with Crippen LogP contribution >= 0.6 is 23.2 Å². The van der Waals surface area contributed by atoms with Gasteiger partial charge in [0, 0.05) is 57.3 Å². The second kappa shape index (κ2) is 7.23. The highest BCUT2D eigenvalue weighted by atomic mass is 35.5. The van der Waals surface area contributed by atoms with Gasteiger partial charge in [-0.25, -0.2) is 4.98 Å². The van der Waals surface area contributed by atoms with E-state index in [-0.39, 0.29) is 5.91 Å². The van der Waals surface area contributed by atoms with Crippen LogP contribution in [0.1, 0.15) is 5.56 Å². The van der Waals surface area contributed by atoms with Crippen molar-refractivity contribution in [1.82, 2.24) is 19.7 Å². The van der Waals surface area contributed by atoms with E-state index >= 15 is 0 Å². The van der Waals surface area contributed by atoms with Gasteiger partial charge in [0.25, 0.3) is 0 Å². The van der Waals surface area contributed by atoms with Crippen molar-refractivity contribution < 1.29 is 4.79 Å². The highest BCUT2D eigenvalue weighted by Crippen LogP contribution is 2.26. The SMILES string of the molecule is Cn1cc(/C=C/C(=O)N2CCN(c3ncc(Cl)cc3Cl)CC2)cn1. The molecule has 1 fully saturated rings. The van der Waals surface area contributed by atoms with Gasteiger partial charge in [-0.05, 0) is 12.1 Å². The van der Waals surface area contributed by atoms with Crippen molar-refractivity contribution in [1.29, 1.82) is 0 Å². The van der Waals surface area contributed by atoms with Crippen LogP contribution in [0.15, 0.2) is 30.7 Å². The Labute approximate surface area is 150 Å². The molecule has 8 heteroatoms. The van der Waals surface area contributed by atoms with Crippen LogP contribution in [-0.4, -0.2) is 51.8 Å². The van der Waals surface area contributed by atoms with Gasteiger partial charge in [-0.3, -0.25) is 9.48 Å². The molecule has 0 bridgehead atoms. The van der Waals surface area contributed by atoms with Crippen molar-refractivity contribution in [2.24, 2.45) is 7.05 Å². The Balaban J connectivity index is 1.58. The third kappa shape index (κ3) is 3.88. The van der Waals surface area contributed by atoms with Crippen LogP contribution in [0.4, 0.5) is 5.82 Å². The Kier molecular flexibility index (Phi) is 5.06. The lowest BCUT2D eigenvalue weighted by Crippen LogP contribution is -2.48. The molecule has 0 N–H and O–H groups in total. The van der Waals surface area contributed by atoms with Crippen molar-refractivity contribution in [2.45, 2.75) is 0 Å². The standard InChI is InChI=1S/C16H17Cl2N5O/c1-21-11-12(9-20-21)2-3-15(24)22-4-6-23(7-5-22)16-14(18)8-13(17)10-19-16/h2-3,8-11H,4-7H2,1H3/b3-2+. The quantitative estimate of drug-likeness (QED) is 0.784. The van der Waals surface area contributed by atoms with Gasteiger partial charge in [0.1, 0.15) is 5.82 Å². The summed E-state index contributed by atoms with van der Waals surface area (Å²) in [7, 11) is 1.84. The molecule has 2 aromatic rings. The second-order valence-corrected chi connectivity index (χ2v) is 6.40. The van der Waals surface area contributed by atoms with Crippen molar-refractivity contribution >= 4 is 41.0 Å². The molecular weight excluding hydrogens is 349 g/mol. The zero-order chi connectivity index (χ0) is 17.1. The van der Waals surface area contributed by atoms with Gasteiger partial charge in [0.15, 0.2) is 0 Å². The summed E-state index contributed by atoms with van der Waals surface area (Å²) in [5.41, 5.74) is 0.904. The summed E-state index contributed by atoms with van der Waals surface area (Å²) in [6, 6.07) is 1.68. The summed E-state index contributed by atoms with van der Waals surface area (Å²) >= 11 is 12.1. The van der Waals surface area contributed by atoms with Gasteiger partial charge in [-0.1, -0.05) is 23.2 Å². The van der Waals surface area contributed by atoms with Crippen LogP contribution in [0, 0.1) is 0 Å². The summed E-state index contributed by atoms with van der Waals surface area (Å²) in [5.74, 6) is 0.702. The molecule has 0 aliphatic carbocycles. The maximum atomic E-state index is 12.3. The van der Waals surface area contributed by atoms with E-state index < -0.39 is 0 Å². The molecule has 0 unspecified atom stereocenters. The maximum absolute atomic E-state index is 12.3. The van der Waals surface area contributed by atoms with E-state index in [1.807, 2.05) is 18.1 Å². The van der Waals surface area contributed by atoms with E-state index in [2.05, 4.69) is 15.0 Å². The van der Waals surface area contributed by atoms with Gasteiger partial charge in [0.2, 0.25) is 5.91 Å². The number of hydrogen-bond acceptors (Lipinski definition) is 4. The predicted octanol–water partition coefficient (Wildman–Crippen LogP) is 2.48. The lowest BCUT2D eigenvalue weighted by Gasteiger charge is -2.35. The number of halogens is 2. The number of amides is 1. The Hall–Kier alpha value is -2.05. The van der Waals surface area contributed by atoms with Gasteiger partial charge in [0.05, 0.1) is 16.2 Å². The third-order valence-electron chi connectivity index (χ3n) is 3.82. The molecule has 3 rings (SSSR count). The molecule has 0 aromatic carbocycles. The van der Waals surface area contributed by atoms with E-state index in [9.17, 15) is 4.79 Å². The minimum Gasteiger partial charge on any atom is -0.352 e. The number of carbonyl (C=O) groups is 1. The van der Waals surface area contributed by atoms with E-state index in [1.165, 1.54) is 0 Å². The molecule has 0 spiro atoms. The lowest BCUT2D eigenvalue weighted by atomic mass is 10.2. The van der Waals surface area contributed by atoms with Crippen LogP contribution < -0.4 is 4.90 Å². The fraction of sp³-hybridized carbons (Fsp3) is 0.312. The first-order valence-electron chi connectivity index (χ1n) is 7.54. The first kappa shape index (κ1) is 16.8. The fourth-order valence-electron chi connectivity index (χ4n) is 2.58. The first-order valence-corrected chi connectivity index (χ1v) is 8.30.